The van der Waals surface area contributed by atoms with Crippen molar-refractivity contribution in [3.63, 3.8) is 0 Å². The number of benzene rings is 1. The van der Waals surface area contributed by atoms with Gasteiger partial charge in [0.15, 0.2) is 11.6 Å². The summed E-state index contributed by atoms with van der Waals surface area (Å²) < 4.78 is 5.29. The Morgan fingerprint density at radius 3 is 2.61 bits per heavy atom. The lowest BCUT2D eigenvalue weighted by atomic mass is 10.1. The van der Waals surface area contributed by atoms with Crippen molar-refractivity contribution < 1.29 is 14.1 Å². The first kappa shape index (κ1) is 18.4. The Balaban J connectivity index is 1.30. The predicted octanol–water partition coefficient (Wildman–Crippen LogP) is 3.94. The summed E-state index contributed by atoms with van der Waals surface area (Å²) in [5.74, 6) is 1.76. The molecule has 0 spiro atoms. The van der Waals surface area contributed by atoms with E-state index in [4.69, 9.17) is 4.52 Å². The molecule has 0 saturated heterocycles. The maximum absolute atomic E-state index is 12.1. The molecule has 3 aromatic rings. The van der Waals surface area contributed by atoms with Gasteiger partial charge < -0.3 is 9.84 Å². The van der Waals surface area contributed by atoms with Crippen LogP contribution in [-0.2, 0) is 4.79 Å². The van der Waals surface area contributed by atoms with Crippen LogP contribution in [0.1, 0.15) is 41.9 Å². The van der Waals surface area contributed by atoms with E-state index in [0.29, 0.717) is 23.1 Å². The van der Waals surface area contributed by atoms with Gasteiger partial charge in [0.25, 0.3) is 5.89 Å². The summed E-state index contributed by atoms with van der Waals surface area (Å²) in [6.07, 6.45) is 3.91. The minimum atomic E-state index is -0.141. The predicted molar refractivity (Wildman–Crippen MR) is 105 cm³/mol. The molecule has 0 unspecified atom stereocenters. The fourth-order valence-electron chi connectivity index (χ4n) is 2.58. The normalized spacial score (nSPS) is 13.3. The highest BCUT2D eigenvalue weighted by Gasteiger charge is 2.29. The van der Waals surface area contributed by atoms with Gasteiger partial charge in [0, 0.05) is 23.4 Å². The van der Waals surface area contributed by atoms with Crippen LogP contribution in [0.15, 0.2) is 52.1 Å². The maximum Gasteiger partial charge on any atom is 0.259 e. The molecule has 1 aliphatic rings. The van der Waals surface area contributed by atoms with E-state index in [2.05, 4.69) is 20.4 Å². The third-order valence-corrected chi connectivity index (χ3v) is 5.24. The summed E-state index contributed by atoms with van der Waals surface area (Å²) in [7, 11) is 0. The smallest absolute Gasteiger partial charge is 0.259 e. The standard InChI is InChI=1S/C20H18N4O3S/c1-12(25)13-4-7-16(8-5-13)22-17(26)11-28-18-9-6-15(10-21-18)20-23-19(24-27-20)14-2-3-14/h4-10,14H,2-3,11H2,1H3,(H,22,26). The number of carbonyl (C=O) groups excluding carboxylic acids is 2. The lowest BCUT2D eigenvalue weighted by Gasteiger charge is -2.05. The van der Waals surface area contributed by atoms with Gasteiger partial charge in [0.2, 0.25) is 5.91 Å². The molecule has 4 rings (SSSR count). The van der Waals surface area contributed by atoms with Gasteiger partial charge in [-0.25, -0.2) is 4.98 Å². The summed E-state index contributed by atoms with van der Waals surface area (Å²) in [6.45, 7) is 1.51. The number of Topliss-reactive ketones (excluding diaryl/α,β-unsaturated/α-hetero) is 1. The number of amides is 1. The Morgan fingerprint density at radius 1 is 1.18 bits per heavy atom. The van der Waals surface area contributed by atoms with Gasteiger partial charge in [-0.15, -0.1) is 0 Å². The van der Waals surface area contributed by atoms with Crippen LogP contribution in [0.2, 0.25) is 0 Å². The van der Waals surface area contributed by atoms with E-state index in [1.165, 1.54) is 18.7 Å². The van der Waals surface area contributed by atoms with E-state index in [1.54, 1.807) is 30.5 Å². The second kappa shape index (κ2) is 7.93. The number of hydrogen-bond acceptors (Lipinski definition) is 7. The summed E-state index contributed by atoms with van der Waals surface area (Å²) in [5, 5.41) is 7.53. The molecule has 0 aliphatic heterocycles. The molecule has 1 amide bonds. The van der Waals surface area contributed by atoms with Crippen LogP contribution in [0.25, 0.3) is 11.5 Å². The number of rotatable bonds is 7. The highest BCUT2D eigenvalue weighted by molar-refractivity contribution is 7.99. The second-order valence-electron chi connectivity index (χ2n) is 6.59. The SMILES string of the molecule is CC(=O)c1ccc(NC(=O)CSc2ccc(-c3nc(C4CC4)no3)cn2)cc1. The number of aromatic nitrogens is 3. The number of thioether (sulfide) groups is 1. The zero-order chi connectivity index (χ0) is 19.5. The molecule has 1 aromatic carbocycles. The van der Waals surface area contributed by atoms with Gasteiger partial charge in [-0.05, 0) is 56.2 Å². The third kappa shape index (κ3) is 4.45. The molecule has 1 saturated carbocycles. The van der Waals surface area contributed by atoms with Crippen LogP contribution < -0.4 is 5.32 Å². The molecule has 2 aromatic heterocycles. The minimum absolute atomic E-state index is 0.00718. The number of nitrogens with one attached hydrogen (secondary N) is 1. The first-order valence-corrected chi connectivity index (χ1v) is 9.91. The fraction of sp³-hybridized carbons (Fsp3) is 0.250. The fourth-order valence-corrected chi connectivity index (χ4v) is 3.22. The molecular formula is C20H18N4O3S. The van der Waals surface area contributed by atoms with E-state index in [9.17, 15) is 9.59 Å². The zero-order valence-electron chi connectivity index (χ0n) is 15.2. The van der Waals surface area contributed by atoms with Crippen molar-refractivity contribution in [1.29, 1.82) is 0 Å². The van der Waals surface area contributed by atoms with Crippen molar-refractivity contribution in [3.8, 4) is 11.5 Å². The maximum atomic E-state index is 12.1. The Hall–Kier alpha value is -3.00. The molecule has 1 N–H and O–H groups in total. The van der Waals surface area contributed by atoms with Gasteiger partial charge in [-0.1, -0.05) is 16.9 Å². The topological polar surface area (TPSA) is 98.0 Å². The Morgan fingerprint density at radius 2 is 1.96 bits per heavy atom. The van der Waals surface area contributed by atoms with Crippen molar-refractivity contribution in [2.45, 2.75) is 30.7 Å². The monoisotopic (exact) mass is 394 g/mol. The quantitative estimate of drug-likeness (QED) is 0.479. The largest absolute Gasteiger partial charge is 0.334 e. The van der Waals surface area contributed by atoms with Crippen LogP contribution in [0.3, 0.4) is 0 Å². The van der Waals surface area contributed by atoms with Crippen LogP contribution in [0.5, 0.6) is 0 Å². The van der Waals surface area contributed by atoms with Gasteiger partial charge in [0.1, 0.15) is 0 Å². The molecule has 0 atom stereocenters. The summed E-state index contributed by atoms with van der Waals surface area (Å²) >= 11 is 1.34. The van der Waals surface area contributed by atoms with Gasteiger partial charge in [-0.2, -0.15) is 4.98 Å². The molecule has 0 radical (unpaired) electrons. The average molecular weight is 394 g/mol. The molecule has 1 fully saturated rings. The molecule has 8 heteroatoms. The lowest BCUT2D eigenvalue weighted by molar-refractivity contribution is -0.113. The van der Waals surface area contributed by atoms with Crippen LogP contribution >= 0.6 is 11.8 Å². The Bertz CT molecular complexity index is 995. The molecule has 1 aliphatic carbocycles. The lowest BCUT2D eigenvalue weighted by Crippen LogP contribution is -2.14. The highest BCUT2D eigenvalue weighted by Crippen LogP contribution is 2.38. The van der Waals surface area contributed by atoms with Crippen molar-refractivity contribution >= 4 is 29.1 Å². The van der Waals surface area contributed by atoms with E-state index in [-0.39, 0.29) is 17.4 Å². The van der Waals surface area contributed by atoms with Gasteiger partial charge in [-0.3, -0.25) is 9.59 Å². The number of pyridine rings is 1. The van der Waals surface area contributed by atoms with Crippen LogP contribution in [-0.4, -0.2) is 32.6 Å². The zero-order valence-corrected chi connectivity index (χ0v) is 16.0. The highest BCUT2D eigenvalue weighted by atomic mass is 32.2. The Labute approximate surface area is 165 Å². The first-order valence-electron chi connectivity index (χ1n) is 8.92. The van der Waals surface area contributed by atoms with Gasteiger partial charge in [0.05, 0.1) is 16.3 Å². The number of carbonyl (C=O) groups is 2. The summed E-state index contributed by atoms with van der Waals surface area (Å²) in [5.41, 5.74) is 2.03. The summed E-state index contributed by atoms with van der Waals surface area (Å²) in [4.78, 5) is 32.1. The van der Waals surface area contributed by atoms with E-state index >= 15 is 0 Å². The molecule has 2 heterocycles. The summed E-state index contributed by atoms with van der Waals surface area (Å²) in [6, 6.07) is 10.5. The number of nitrogens with zero attached hydrogens (tertiary/aromatic N) is 3. The average Bonchev–Trinajstić information content (AvgIpc) is 3.44. The van der Waals surface area contributed by atoms with E-state index in [1.807, 2.05) is 12.1 Å². The van der Waals surface area contributed by atoms with E-state index in [0.717, 1.165) is 29.3 Å². The molecular weight excluding hydrogens is 376 g/mol. The van der Waals surface area contributed by atoms with Gasteiger partial charge >= 0.3 is 0 Å². The van der Waals surface area contributed by atoms with Crippen molar-refractivity contribution in [1.82, 2.24) is 15.1 Å². The van der Waals surface area contributed by atoms with Crippen molar-refractivity contribution in [2.24, 2.45) is 0 Å². The third-order valence-electron chi connectivity index (χ3n) is 4.29. The van der Waals surface area contributed by atoms with Crippen LogP contribution in [0.4, 0.5) is 5.69 Å². The van der Waals surface area contributed by atoms with Crippen LogP contribution in [0, 0.1) is 0 Å². The molecule has 28 heavy (non-hydrogen) atoms. The molecule has 0 bridgehead atoms. The minimum Gasteiger partial charge on any atom is -0.334 e. The Kier molecular flexibility index (Phi) is 5.21. The second-order valence-corrected chi connectivity index (χ2v) is 7.58. The van der Waals surface area contributed by atoms with Crippen molar-refractivity contribution in [3.05, 3.63) is 54.0 Å². The molecule has 142 valence electrons. The number of ketones is 1. The number of anilines is 1. The number of hydrogen-bond donors (Lipinski definition) is 1. The molecule has 7 nitrogen and oxygen atoms in total. The first-order chi connectivity index (χ1) is 13.6. The van der Waals surface area contributed by atoms with E-state index < -0.39 is 0 Å². The van der Waals surface area contributed by atoms with Crippen molar-refractivity contribution in [2.75, 3.05) is 11.1 Å².